The first-order valence-corrected chi connectivity index (χ1v) is 10.2. The summed E-state index contributed by atoms with van der Waals surface area (Å²) in [4.78, 5) is 38.7. The van der Waals surface area contributed by atoms with Gasteiger partial charge in [-0.1, -0.05) is 30.3 Å². The number of carbonyl (C=O) groups excluding carboxylic acids is 3. The average molecular weight is 432 g/mol. The normalized spacial score (nSPS) is 19.1. The van der Waals surface area contributed by atoms with E-state index in [-0.39, 0.29) is 41.8 Å². The SMILES string of the molecule is O=C(NC1CC1c1c(F)cccc1F)c1ccc(CN2C(=O)c3ccccc3C2=O)cc1. The van der Waals surface area contributed by atoms with Crippen LogP contribution in [0, 0.1) is 11.6 Å². The van der Waals surface area contributed by atoms with Gasteiger partial charge in [-0.15, -0.1) is 0 Å². The Morgan fingerprint density at radius 1 is 0.875 bits per heavy atom. The molecule has 2 atom stereocenters. The second kappa shape index (κ2) is 7.67. The molecule has 1 aliphatic carbocycles. The van der Waals surface area contributed by atoms with Gasteiger partial charge in [0.15, 0.2) is 0 Å². The summed E-state index contributed by atoms with van der Waals surface area (Å²) < 4.78 is 27.8. The van der Waals surface area contributed by atoms with Gasteiger partial charge in [-0.2, -0.15) is 0 Å². The summed E-state index contributed by atoms with van der Waals surface area (Å²) in [5.41, 5.74) is 1.87. The van der Waals surface area contributed by atoms with Crippen LogP contribution in [0.2, 0.25) is 0 Å². The van der Waals surface area contributed by atoms with E-state index in [1.165, 1.54) is 23.1 Å². The van der Waals surface area contributed by atoms with Crippen molar-refractivity contribution in [2.45, 2.75) is 24.9 Å². The van der Waals surface area contributed by atoms with E-state index >= 15 is 0 Å². The molecule has 5 rings (SSSR count). The van der Waals surface area contributed by atoms with Crippen molar-refractivity contribution >= 4 is 17.7 Å². The van der Waals surface area contributed by atoms with E-state index < -0.39 is 11.6 Å². The first-order valence-electron chi connectivity index (χ1n) is 10.2. The number of imide groups is 1. The topological polar surface area (TPSA) is 66.5 Å². The van der Waals surface area contributed by atoms with Crippen molar-refractivity contribution in [3.8, 4) is 0 Å². The van der Waals surface area contributed by atoms with E-state index in [1.807, 2.05) is 0 Å². The number of fused-ring (bicyclic) bond motifs is 1. The fourth-order valence-corrected chi connectivity index (χ4v) is 4.12. The van der Waals surface area contributed by atoms with Crippen molar-refractivity contribution in [1.82, 2.24) is 10.2 Å². The van der Waals surface area contributed by atoms with Gasteiger partial charge < -0.3 is 5.32 Å². The summed E-state index contributed by atoms with van der Waals surface area (Å²) in [5, 5.41) is 2.80. The molecule has 2 aliphatic rings. The highest BCUT2D eigenvalue weighted by Gasteiger charge is 2.43. The number of nitrogens with one attached hydrogen (secondary N) is 1. The molecule has 1 N–H and O–H groups in total. The second-order valence-corrected chi connectivity index (χ2v) is 8.00. The van der Waals surface area contributed by atoms with Gasteiger partial charge >= 0.3 is 0 Å². The lowest BCUT2D eigenvalue weighted by atomic mass is 10.1. The molecule has 1 fully saturated rings. The standard InChI is InChI=1S/C25H18F2N2O3/c26-19-6-3-7-20(27)22(19)18-12-21(18)28-23(30)15-10-8-14(9-11-15)13-29-24(31)16-4-1-2-5-17(16)25(29)32/h1-11,18,21H,12-13H2,(H,28,30). The minimum atomic E-state index is -0.607. The van der Waals surface area contributed by atoms with Crippen molar-refractivity contribution < 1.29 is 23.2 Å². The Hall–Kier alpha value is -3.87. The van der Waals surface area contributed by atoms with Gasteiger partial charge in [0.1, 0.15) is 11.6 Å². The first-order chi connectivity index (χ1) is 15.4. The van der Waals surface area contributed by atoms with Crippen LogP contribution in [-0.4, -0.2) is 28.7 Å². The number of nitrogens with zero attached hydrogens (tertiary/aromatic N) is 1. The third-order valence-electron chi connectivity index (χ3n) is 5.91. The van der Waals surface area contributed by atoms with E-state index in [9.17, 15) is 23.2 Å². The highest BCUT2D eigenvalue weighted by molar-refractivity contribution is 6.21. The van der Waals surface area contributed by atoms with E-state index in [0.29, 0.717) is 28.7 Å². The zero-order valence-electron chi connectivity index (χ0n) is 16.8. The molecule has 0 saturated heterocycles. The van der Waals surface area contributed by atoms with Crippen LogP contribution in [0.3, 0.4) is 0 Å². The summed E-state index contributed by atoms with van der Waals surface area (Å²) in [6.45, 7) is 0.103. The molecular formula is C25H18F2N2O3. The van der Waals surface area contributed by atoms with Crippen LogP contribution in [-0.2, 0) is 6.54 Å². The summed E-state index contributed by atoms with van der Waals surface area (Å²) >= 11 is 0. The highest BCUT2D eigenvalue weighted by Crippen LogP contribution is 2.43. The van der Waals surface area contributed by atoms with E-state index in [0.717, 1.165) is 0 Å². The predicted octanol–water partition coefficient (Wildman–Crippen LogP) is 4.05. The summed E-state index contributed by atoms with van der Waals surface area (Å²) in [7, 11) is 0. The van der Waals surface area contributed by atoms with Gasteiger partial charge in [-0.3, -0.25) is 19.3 Å². The summed E-state index contributed by atoms with van der Waals surface area (Å²) in [6.07, 6.45) is 0.474. The van der Waals surface area contributed by atoms with Gasteiger partial charge in [0, 0.05) is 23.1 Å². The minimum Gasteiger partial charge on any atom is -0.349 e. The van der Waals surface area contributed by atoms with E-state index in [4.69, 9.17) is 0 Å². The lowest BCUT2D eigenvalue weighted by Crippen LogP contribution is -2.29. The molecular weight excluding hydrogens is 414 g/mol. The van der Waals surface area contributed by atoms with Crippen LogP contribution >= 0.6 is 0 Å². The van der Waals surface area contributed by atoms with Gasteiger partial charge in [-0.25, -0.2) is 8.78 Å². The van der Waals surface area contributed by atoms with Crippen LogP contribution in [0.5, 0.6) is 0 Å². The van der Waals surface area contributed by atoms with Crippen molar-refractivity contribution in [3.63, 3.8) is 0 Å². The maximum absolute atomic E-state index is 13.9. The van der Waals surface area contributed by atoms with Gasteiger partial charge in [-0.05, 0) is 48.4 Å². The number of benzene rings is 3. The average Bonchev–Trinajstić information content (AvgIpc) is 3.50. The lowest BCUT2D eigenvalue weighted by molar-refractivity contribution is 0.0641. The molecule has 3 aromatic rings. The third-order valence-corrected chi connectivity index (χ3v) is 5.91. The molecule has 0 aromatic heterocycles. The molecule has 1 saturated carbocycles. The minimum absolute atomic E-state index is 0.00842. The fourth-order valence-electron chi connectivity index (χ4n) is 4.12. The first kappa shape index (κ1) is 20.1. The molecule has 0 radical (unpaired) electrons. The maximum Gasteiger partial charge on any atom is 0.261 e. The molecule has 0 bridgehead atoms. The summed E-state index contributed by atoms with van der Waals surface area (Å²) in [6, 6.07) is 16.7. The molecule has 160 valence electrons. The quantitative estimate of drug-likeness (QED) is 0.619. The molecule has 32 heavy (non-hydrogen) atoms. The molecule has 3 aromatic carbocycles. The summed E-state index contributed by atoms with van der Waals surface area (Å²) in [5.74, 6) is -2.62. The number of halogens is 2. The van der Waals surface area contributed by atoms with Crippen molar-refractivity contribution in [2.24, 2.45) is 0 Å². The number of rotatable bonds is 5. The molecule has 2 unspecified atom stereocenters. The number of hydrogen-bond acceptors (Lipinski definition) is 3. The number of carbonyl (C=O) groups is 3. The maximum atomic E-state index is 13.9. The van der Waals surface area contributed by atoms with Crippen molar-refractivity contribution in [3.05, 3.63) is 106 Å². The second-order valence-electron chi connectivity index (χ2n) is 8.00. The fraction of sp³-hybridized carbons (Fsp3) is 0.160. The Kier molecular flexibility index (Phi) is 4.81. The van der Waals surface area contributed by atoms with Crippen LogP contribution in [0.25, 0.3) is 0 Å². The lowest BCUT2D eigenvalue weighted by Gasteiger charge is -2.14. The highest BCUT2D eigenvalue weighted by atomic mass is 19.1. The Balaban J connectivity index is 1.23. The zero-order chi connectivity index (χ0) is 22.4. The smallest absolute Gasteiger partial charge is 0.261 e. The van der Waals surface area contributed by atoms with Gasteiger partial charge in [0.2, 0.25) is 0 Å². The van der Waals surface area contributed by atoms with E-state index in [1.54, 1.807) is 48.5 Å². The van der Waals surface area contributed by atoms with Gasteiger partial charge in [0.05, 0.1) is 17.7 Å². The van der Waals surface area contributed by atoms with Crippen molar-refractivity contribution in [2.75, 3.05) is 0 Å². The van der Waals surface area contributed by atoms with Crippen LogP contribution < -0.4 is 5.32 Å². The Bertz CT molecular complexity index is 1200. The van der Waals surface area contributed by atoms with Gasteiger partial charge in [0.25, 0.3) is 17.7 Å². The Labute approximate surface area is 182 Å². The number of hydrogen-bond donors (Lipinski definition) is 1. The zero-order valence-corrected chi connectivity index (χ0v) is 16.8. The van der Waals surface area contributed by atoms with Crippen LogP contribution in [0.4, 0.5) is 8.78 Å². The molecule has 3 amide bonds. The number of amides is 3. The molecule has 5 nitrogen and oxygen atoms in total. The van der Waals surface area contributed by atoms with E-state index in [2.05, 4.69) is 5.32 Å². The Morgan fingerprint density at radius 2 is 1.47 bits per heavy atom. The van der Waals surface area contributed by atoms with Crippen molar-refractivity contribution in [1.29, 1.82) is 0 Å². The molecule has 1 aliphatic heterocycles. The third kappa shape index (κ3) is 3.45. The Morgan fingerprint density at radius 3 is 2.06 bits per heavy atom. The predicted molar refractivity (Wildman–Crippen MR) is 112 cm³/mol. The monoisotopic (exact) mass is 432 g/mol. The van der Waals surface area contributed by atoms with Crippen LogP contribution in [0.1, 0.15) is 54.5 Å². The molecule has 0 spiro atoms. The molecule has 1 heterocycles. The largest absolute Gasteiger partial charge is 0.349 e. The van der Waals surface area contributed by atoms with Crippen LogP contribution in [0.15, 0.2) is 66.7 Å². The molecule has 7 heteroatoms.